The SMILES string of the molecule is O=C1Nc2cc(Cl)ccc2[C@]12ON=C(c1ccccc1)N2c1ccccc1. The van der Waals surface area contributed by atoms with Crippen LogP contribution in [0.3, 0.4) is 0 Å². The van der Waals surface area contributed by atoms with E-state index in [9.17, 15) is 4.79 Å². The average Bonchev–Trinajstić information content (AvgIpc) is 3.22. The highest BCUT2D eigenvalue weighted by Crippen LogP contribution is 2.48. The lowest BCUT2D eigenvalue weighted by molar-refractivity contribution is -0.137. The highest BCUT2D eigenvalue weighted by atomic mass is 35.5. The van der Waals surface area contributed by atoms with Crippen molar-refractivity contribution < 1.29 is 9.63 Å². The molecule has 2 aliphatic rings. The van der Waals surface area contributed by atoms with E-state index in [1.54, 1.807) is 18.2 Å². The summed E-state index contributed by atoms with van der Waals surface area (Å²) in [5, 5.41) is 7.74. The van der Waals surface area contributed by atoms with Crippen molar-refractivity contribution in [2.24, 2.45) is 5.16 Å². The number of oxime groups is 1. The Morgan fingerprint density at radius 3 is 2.41 bits per heavy atom. The molecule has 1 atom stereocenters. The van der Waals surface area contributed by atoms with E-state index in [-0.39, 0.29) is 5.91 Å². The lowest BCUT2D eigenvalue weighted by atomic mass is 10.00. The van der Waals surface area contributed by atoms with Crippen molar-refractivity contribution in [1.29, 1.82) is 0 Å². The molecule has 6 heteroatoms. The molecule has 3 aromatic carbocycles. The number of halogens is 1. The van der Waals surface area contributed by atoms with Gasteiger partial charge in [0.05, 0.1) is 11.3 Å². The monoisotopic (exact) mass is 375 g/mol. The lowest BCUT2D eigenvalue weighted by Gasteiger charge is -2.32. The Morgan fingerprint density at radius 2 is 1.67 bits per heavy atom. The van der Waals surface area contributed by atoms with Crippen molar-refractivity contribution >= 4 is 34.7 Å². The molecule has 1 N–H and O–H groups in total. The number of nitrogens with one attached hydrogen (secondary N) is 1. The molecule has 0 aromatic heterocycles. The Hall–Kier alpha value is -3.31. The van der Waals surface area contributed by atoms with Crippen LogP contribution in [0, 0.1) is 0 Å². The van der Waals surface area contributed by atoms with Crippen LogP contribution >= 0.6 is 11.6 Å². The molecule has 0 unspecified atom stereocenters. The van der Waals surface area contributed by atoms with Gasteiger partial charge in [0, 0.05) is 16.3 Å². The van der Waals surface area contributed by atoms with E-state index >= 15 is 0 Å². The number of para-hydroxylation sites is 1. The van der Waals surface area contributed by atoms with Crippen LogP contribution in [0.1, 0.15) is 11.1 Å². The van der Waals surface area contributed by atoms with Crippen LogP contribution in [0.25, 0.3) is 0 Å². The largest absolute Gasteiger partial charge is 0.349 e. The molecule has 0 fully saturated rings. The minimum atomic E-state index is -1.41. The molecular weight excluding hydrogens is 362 g/mol. The number of benzene rings is 3. The first-order chi connectivity index (χ1) is 13.2. The summed E-state index contributed by atoms with van der Waals surface area (Å²) >= 11 is 6.11. The molecule has 0 aliphatic carbocycles. The third kappa shape index (κ3) is 2.25. The van der Waals surface area contributed by atoms with E-state index in [0.717, 1.165) is 11.3 Å². The van der Waals surface area contributed by atoms with Crippen LogP contribution in [-0.2, 0) is 15.4 Å². The maximum absolute atomic E-state index is 13.1. The van der Waals surface area contributed by atoms with Crippen molar-refractivity contribution in [3.8, 4) is 0 Å². The fraction of sp³-hybridized carbons (Fsp3) is 0.0476. The summed E-state index contributed by atoms with van der Waals surface area (Å²) in [5.41, 5.74) is 1.55. The first-order valence-corrected chi connectivity index (χ1v) is 8.86. The maximum Gasteiger partial charge on any atom is 0.322 e. The molecule has 2 aliphatic heterocycles. The number of fused-ring (bicyclic) bond motifs is 2. The lowest BCUT2D eigenvalue weighted by Crippen LogP contribution is -2.51. The zero-order valence-corrected chi connectivity index (χ0v) is 14.9. The Morgan fingerprint density at radius 1 is 0.963 bits per heavy atom. The minimum absolute atomic E-state index is 0.307. The topological polar surface area (TPSA) is 53.9 Å². The number of carbonyl (C=O) groups excluding carboxylic acids is 1. The van der Waals surface area contributed by atoms with Gasteiger partial charge in [-0.25, -0.2) is 0 Å². The van der Waals surface area contributed by atoms with Gasteiger partial charge >= 0.3 is 5.72 Å². The fourth-order valence-electron chi connectivity index (χ4n) is 3.55. The van der Waals surface area contributed by atoms with Crippen LogP contribution in [0.4, 0.5) is 11.4 Å². The third-order valence-corrected chi connectivity index (χ3v) is 4.98. The number of hydrogen-bond donors (Lipinski definition) is 1. The van der Waals surface area contributed by atoms with Crippen LogP contribution in [0.2, 0.25) is 5.02 Å². The summed E-state index contributed by atoms with van der Waals surface area (Å²) in [4.78, 5) is 20.8. The van der Waals surface area contributed by atoms with E-state index in [1.165, 1.54) is 0 Å². The van der Waals surface area contributed by atoms with Gasteiger partial charge in [0.15, 0.2) is 5.84 Å². The van der Waals surface area contributed by atoms with Crippen molar-refractivity contribution in [3.05, 3.63) is 95.0 Å². The summed E-state index contributed by atoms with van der Waals surface area (Å²) in [6.07, 6.45) is 0. The van der Waals surface area contributed by atoms with Crippen LogP contribution in [-0.4, -0.2) is 11.7 Å². The van der Waals surface area contributed by atoms with Crippen LogP contribution in [0.15, 0.2) is 84.0 Å². The zero-order chi connectivity index (χ0) is 18.4. The molecule has 3 aromatic rings. The molecule has 0 radical (unpaired) electrons. The van der Waals surface area contributed by atoms with Gasteiger partial charge in [-0.15, -0.1) is 0 Å². The molecule has 0 bridgehead atoms. The van der Waals surface area contributed by atoms with Gasteiger partial charge in [0.2, 0.25) is 0 Å². The second kappa shape index (κ2) is 5.86. The number of amides is 1. The Labute approximate surface area is 160 Å². The van der Waals surface area contributed by atoms with Gasteiger partial charge in [-0.1, -0.05) is 65.3 Å². The summed E-state index contributed by atoms with van der Waals surface area (Å²) in [6, 6.07) is 24.5. The predicted molar refractivity (Wildman–Crippen MR) is 105 cm³/mol. The summed E-state index contributed by atoms with van der Waals surface area (Å²) in [5.74, 6) is 0.262. The smallest absolute Gasteiger partial charge is 0.322 e. The molecule has 27 heavy (non-hydrogen) atoms. The molecular formula is C21H14ClN3O2. The summed E-state index contributed by atoms with van der Waals surface area (Å²) in [7, 11) is 0. The standard InChI is InChI=1S/C21H14ClN3O2/c22-15-11-12-17-18(13-15)23-20(26)21(17)25(16-9-5-2-6-10-16)19(24-27-21)14-7-3-1-4-8-14/h1-13H,(H,23,26)/t21-/m0/s1. The van der Waals surface area contributed by atoms with Gasteiger partial charge in [-0.2, -0.15) is 0 Å². The van der Waals surface area contributed by atoms with E-state index in [1.807, 2.05) is 65.6 Å². The first kappa shape index (κ1) is 15.9. The van der Waals surface area contributed by atoms with E-state index in [0.29, 0.717) is 22.1 Å². The molecule has 2 heterocycles. The van der Waals surface area contributed by atoms with Crippen LogP contribution < -0.4 is 10.2 Å². The highest BCUT2D eigenvalue weighted by molar-refractivity contribution is 6.31. The molecule has 1 spiro atoms. The Balaban J connectivity index is 1.74. The Kier molecular flexibility index (Phi) is 3.45. The predicted octanol–water partition coefficient (Wildman–Crippen LogP) is 4.34. The van der Waals surface area contributed by atoms with Gasteiger partial charge < -0.3 is 10.2 Å². The molecule has 5 rings (SSSR count). The third-order valence-electron chi connectivity index (χ3n) is 4.74. The molecule has 132 valence electrons. The van der Waals surface area contributed by atoms with E-state index in [4.69, 9.17) is 16.4 Å². The normalized spacial score (nSPS) is 20.3. The molecule has 0 saturated heterocycles. The van der Waals surface area contributed by atoms with Crippen molar-refractivity contribution in [2.45, 2.75) is 5.72 Å². The molecule has 0 saturated carbocycles. The van der Waals surface area contributed by atoms with Gasteiger partial charge in [0.1, 0.15) is 0 Å². The van der Waals surface area contributed by atoms with Crippen molar-refractivity contribution in [3.63, 3.8) is 0 Å². The quantitative estimate of drug-likeness (QED) is 0.724. The van der Waals surface area contributed by atoms with Crippen molar-refractivity contribution in [1.82, 2.24) is 0 Å². The van der Waals surface area contributed by atoms with Gasteiger partial charge in [0.25, 0.3) is 5.91 Å². The first-order valence-electron chi connectivity index (χ1n) is 8.48. The van der Waals surface area contributed by atoms with Crippen molar-refractivity contribution in [2.75, 3.05) is 10.2 Å². The van der Waals surface area contributed by atoms with E-state index < -0.39 is 5.72 Å². The second-order valence-electron chi connectivity index (χ2n) is 6.33. The number of hydrogen-bond acceptors (Lipinski definition) is 4. The zero-order valence-electron chi connectivity index (χ0n) is 14.1. The number of nitrogens with zero attached hydrogens (tertiary/aromatic N) is 2. The van der Waals surface area contributed by atoms with Gasteiger partial charge in [-0.05, 0) is 30.3 Å². The number of carbonyl (C=O) groups is 1. The van der Waals surface area contributed by atoms with E-state index in [2.05, 4.69) is 10.5 Å². The average molecular weight is 376 g/mol. The molecule has 5 nitrogen and oxygen atoms in total. The second-order valence-corrected chi connectivity index (χ2v) is 6.77. The Bertz CT molecular complexity index is 1070. The summed E-state index contributed by atoms with van der Waals surface area (Å²) < 4.78 is 0. The van der Waals surface area contributed by atoms with Crippen LogP contribution in [0.5, 0.6) is 0 Å². The summed E-state index contributed by atoms with van der Waals surface area (Å²) in [6.45, 7) is 0. The number of amidine groups is 1. The highest BCUT2D eigenvalue weighted by Gasteiger charge is 2.59. The number of anilines is 2. The maximum atomic E-state index is 13.1. The minimum Gasteiger partial charge on any atom is -0.349 e. The fourth-order valence-corrected chi connectivity index (χ4v) is 3.72. The number of rotatable bonds is 2. The molecule has 1 amide bonds. The van der Waals surface area contributed by atoms with Gasteiger partial charge in [-0.3, -0.25) is 9.69 Å².